The van der Waals surface area contributed by atoms with E-state index in [9.17, 15) is 9.18 Å². The highest BCUT2D eigenvalue weighted by Crippen LogP contribution is 2.41. The van der Waals surface area contributed by atoms with Crippen molar-refractivity contribution in [3.63, 3.8) is 0 Å². The van der Waals surface area contributed by atoms with Crippen LogP contribution in [-0.4, -0.2) is 30.0 Å². The Balaban J connectivity index is 1.44. The third-order valence-corrected chi connectivity index (χ3v) is 5.86. The topological polar surface area (TPSA) is 45.2 Å². The van der Waals surface area contributed by atoms with Crippen molar-refractivity contribution in [3.05, 3.63) is 45.7 Å². The van der Waals surface area contributed by atoms with Gasteiger partial charge in [-0.3, -0.25) is 4.79 Å². The summed E-state index contributed by atoms with van der Waals surface area (Å²) in [6.07, 6.45) is 4.27. The minimum Gasteiger partial charge on any atom is -0.369 e. The van der Waals surface area contributed by atoms with Crippen LogP contribution < -0.4 is 10.2 Å². The van der Waals surface area contributed by atoms with E-state index in [1.165, 1.54) is 17.4 Å². The molecule has 1 aromatic heterocycles. The van der Waals surface area contributed by atoms with Crippen molar-refractivity contribution >= 4 is 22.9 Å². The average molecular weight is 359 g/mol. The number of aryl methyl sites for hydroxylation is 1. The maximum atomic E-state index is 13.3. The first-order valence-corrected chi connectivity index (χ1v) is 9.75. The summed E-state index contributed by atoms with van der Waals surface area (Å²) >= 11 is 1.44. The lowest BCUT2D eigenvalue weighted by atomic mass is 10.0. The monoisotopic (exact) mass is 359 g/mol. The van der Waals surface area contributed by atoms with E-state index in [1.54, 1.807) is 11.6 Å². The van der Waals surface area contributed by atoms with Gasteiger partial charge < -0.3 is 10.2 Å². The Morgan fingerprint density at radius 3 is 2.96 bits per heavy atom. The summed E-state index contributed by atoms with van der Waals surface area (Å²) in [5.41, 5.74) is 4.74. The lowest BCUT2D eigenvalue weighted by Crippen LogP contribution is -2.48. The molecule has 1 aromatic carbocycles. The fourth-order valence-electron chi connectivity index (χ4n) is 3.61. The first-order valence-electron chi connectivity index (χ1n) is 8.87. The second-order valence-electron chi connectivity index (χ2n) is 7.03. The van der Waals surface area contributed by atoms with E-state index in [4.69, 9.17) is 0 Å². The molecule has 0 spiro atoms. The molecule has 1 saturated carbocycles. The lowest BCUT2D eigenvalue weighted by molar-refractivity contribution is 0.0936. The number of benzene rings is 1. The third-order valence-electron chi connectivity index (χ3n) is 5.02. The standard InChI is InChI=1S/C19H22FN3OS/c1-12-9-14(20)6-7-16(12)23-8-2-3-15(10-23)22-19(24)18-17(13-4-5-13)21-11-25-18/h6-7,9,11,13,15H,2-5,8,10H2,1H3,(H,22,24)/t15-/m0/s1. The summed E-state index contributed by atoms with van der Waals surface area (Å²) in [5, 5.41) is 3.19. The predicted octanol–water partition coefficient (Wildman–Crippen LogP) is 3.87. The molecule has 132 valence electrons. The predicted molar refractivity (Wildman–Crippen MR) is 97.9 cm³/mol. The number of halogens is 1. The molecular weight excluding hydrogens is 337 g/mol. The van der Waals surface area contributed by atoms with Crippen LogP contribution in [0.4, 0.5) is 10.1 Å². The van der Waals surface area contributed by atoms with Crippen LogP contribution in [0, 0.1) is 12.7 Å². The Morgan fingerprint density at radius 2 is 2.20 bits per heavy atom. The summed E-state index contributed by atoms with van der Waals surface area (Å²) in [6.45, 7) is 3.63. The van der Waals surface area contributed by atoms with E-state index in [0.717, 1.165) is 60.6 Å². The van der Waals surface area contributed by atoms with Gasteiger partial charge in [-0.05, 0) is 56.4 Å². The molecule has 4 rings (SSSR count). The second kappa shape index (κ2) is 6.75. The van der Waals surface area contributed by atoms with Gasteiger partial charge in [-0.15, -0.1) is 11.3 Å². The molecule has 0 radical (unpaired) electrons. The smallest absolute Gasteiger partial charge is 0.263 e. The maximum absolute atomic E-state index is 13.3. The molecule has 2 aliphatic rings. The zero-order valence-corrected chi connectivity index (χ0v) is 15.1. The molecule has 2 heterocycles. The van der Waals surface area contributed by atoms with Crippen LogP contribution in [-0.2, 0) is 0 Å². The minimum atomic E-state index is -0.207. The van der Waals surface area contributed by atoms with Crippen LogP contribution in [0.2, 0.25) is 0 Å². The molecule has 4 nitrogen and oxygen atoms in total. The quantitative estimate of drug-likeness (QED) is 0.901. The van der Waals surface area contributed by atoms with Crippen LogP contribution in [0.1, 0.15) is 52.5 Å². The fraction of sp³-hybridized carbons (Fsp3) is 0.474. The number of rotatable bonds is 4. The maximum Gasteiger partial charge on any atom is 0.263 e. The van der Waals surface area contributed by atoms with Crippen LogP contribution in [0.15, 0.2) is 23.7 Å². The van der Waals surface area contributed by atoms with Gasteiger partial charge >= 0.3 is 0 Å². The molecule has 2 fully saturated rings. The van der Waals surface area contributed by atoms with Gasteiger partial charge in [0.05, 0.1) is 11.2 Å². The number of carbonyl (C=O) groups excluding carboxylic acids is 1. The number of hydrogen-bond donors (Lipinski definition) is 1. The molecule has 1 saturated heterocycles. The van der Waals surface area contributed by atoms with Crippen LogP contribution in [0.25, 0.3) is 0 Å². The Morgan fingerprint density at radius 1 is 1.36 bits per heavy atom. The van der Waals surface area contributed by atoms with E-state index < -0.39 is 0 Å². The van der Waals surface area contributed by atoms with Crippen LogP contribution in [0.5, 0.6) is 0 Å². The Hall–Kier alpha value is -1.95. The molecule has 1 N–H and O–H groups in total. The lowest BCUT2D eigenvalue weighted by Gasteiger charge is -2.35. The molecular formula is C19H22FN3OS. The van der Waals surface area contributed by atoms with Crippen LogP contribution in [0.3, 0.4) is 0 Å². The van der Waals surface area contributed by atoms with Crippen molar-refractivity contribution in [1.29, 1.82) is 0 Å². The molecule has 25 heavy (non-hydrogen) atoms. The normalized spacial score (nSPS) is 20.6. The largest absolute Gasteiger partial charge is 0.369 e. The number of aromatic nitrogens is 1. The fourth-order valence-corrected chi connectivity index (χ4v) is 4.39. The van der Waals surface area contributed by atoms with Crippen molar-refractivity contribution in [2.24, 2.45) is 0 Å². The highest BCUT2D eigenvalue weighted by atomic mass is 32.1. The number of carbonyl (C=O) groups is 1. The molecule has 1 aliphatic carbocycles. The van der Waals surface area contributed by atoms with Crippen molar-refractivity contribution in [3.8, 4) is 0 Å². The molecule has 1 atom stereocenters. The zero-order valence-electron chi connectivity index (χ0n) is 14.3. The Bertz CT molecular complexity index is 787. The first-order chi connectivity index (χ1) is 12.1. The number of amides is 1. The van der Waals surface area contributed by atoms with Crippen molar-refractivity contribution in [2.75, 3.05) is 18.0 Å². The Kier molecular flexibility index (Phi) is 4.46. The molecule has 0 bridgehead atoms. The van der Waals surface area contributed by atoms with Crippen molar-refractivity contribution in [1.82, 2.24) is 10.3 Å². The van der Waals surface area contributed by atoms with Gasteiger partial charge in [0.2, 0.25) is 0 Å². The number of hydrogen-bond acceptors (Lipinski definition) is 4. The number of nitrogens with one attached hydrogen (secondary N) is 1. The van der Waals surface area contributed by atoms with E-state index in [0.29, 0.717) is 5.92 Å². The van der Waals surface area contributed by atoms with E-state index >= 15 is 0 Å². The summed E-state index contributed by atoms with van der Waals surface area (Å²) in [7, 11) is 0. The highest BCUT2D eigenvalue weighted by Gasteiger charge is 2.31. The number of anilines is 1. The van der Waals surface area contributed by atoms with Gasteiger partial charge in [0.15, 0.2) is 0 Å². The van der Waals surface area contributed by atoms with Gasteiger partial charge in [0.1, 0.15) is 10.7 Å². The summed E-state index contributed by atoms with van der Waals surface area (Å²) < 4.78 is 13.3. The van der Waals surface area contributed by atoms with Crippen LogP contribution >= 0.6 is 11.3 Å². The van der Waals surface area contributed by atoms with Gasteiger partial charge in [0.25, 0.3) is 5.91 Å². The van der Waals surface area contributed by atoms with Gasteiger partial charge in [-0.1, -0.05) is 0 Å². The van der Waals surface area contributed by atoms with E-state index in [-0.39, 0.29) is 17.8 Å². The van der Waals surface area contributed by atoms with E-state index in [2.05, 4.69) is 15.2 Å². The van der Waals surface area contributed by atoms with Crippen molar-refractivity contribution in [2.45, 2.75) is 44.6 Å². The van der Waals surface area contributed by atoms with Gasteiger partial charge in [-0.25, -0.2) is 9.37 Å². The zero-order chi connectivity index (χ0) is 17.4. The summed E-state index contributed by atoms with van der Waals surface area (Å²) in [6, 6.07) is 5.02. The summed E-state index contributed by atoms with van der Waals surface area (Å²) in [4.78, 5) is 20.1. The molecule has 1 amide bonds. The van der Waals surface area contributed by atoms with E-state index in [1.807, 2.05) is 13.0 Å². The molecule has 0 unspecified atom stereocenters. The van der Waals surface area contributed by atoms with Gasteiger partial charge in [0, 0.05) is 30.7 Å². The first kappa shape index (κ1) is 16.5. The third kappa shape index (κ3) is 3.54. The summed E-state index contributed by atoms with van der Waals surface area (Å²) in [5.74, 6) is 0.282. The SMILES string of the molecule is Cc1cc(F)ccc1N1CCC[C@H](NC(=O)c2scnc2C2CC2)C1. The molecule has 2 aromatic rings. The average Bonchev–Trinajstić information content (AvgIpc) is 3.31. The minimum absolute atomic E-state index is 0.00655. The molecule has 1 aliphatic heterocycles. The highest BCUT2D eigenvalue weighted by molar-refractivity contribution is 7.11. The Labute approximate surface area is 151 Å². The number of thiazole rings is 1. The number of piperidine rings is 1. The molecule has 6 heteroatoms. The van der Waals surface area contributed by atoms with Crippen molar-refractivity contribution < 1.29 is 9.18 Å². The van der Waals surface area contributed by atoms with Gasteiger partial charge in [-0.2, -0.15) is 0 Å². The number of nitrogens with zero attached hydrogens (tertiary/aromatic N) is 2. The second-order valence-corrected chi connectivity index (χ2v) is 7.89.